The van der Waals surface area contributed by atoms with Gasteiger partial charge in [0.15, 0.2) is 6.35 Å². The van der Waals surface area contributed by atoms with Crippen LogP contribution in [0.5, 0.6) is 5.75 Å². The molecule has 1 unspecified atom stereocenters. The molecule has 13 nitrogen and oxygen atoms in total. The highest BCUT2D eigenvalue weighted by atomic mass is 16.5. The molecule has 0 aromatic heterocycles. The Morgan fingerprint density at radius 3 is 2.64 bits per heavy atom. The van der Waals surface area contributed by atoms with Gasteiger partial charge in [0.1, 0.15) is 11.8 Å². The van der Waals surface area contributed by atoms with E-state index in [0.29, 0.717) is 12.1 Å². The van der Waals surface area contributed by atoms with E-state index in [1.807, 2.05) is 0 Å². The van der Waals surface area contributed by atoms with Crippen molar-refractivity contribution in [3.05, 3.63) is 29.3 Å². The number of aliphatic hydroxyl groups is 2. The Hall–Kier alpha value is -3.20. The van der Waals surface area contributed by atoms with Crippen molar-refractivity contribution < 1.29 is 44.2 Å². The summed E-state index contributed by atoms with van der Waals surface area (Å²) in [6, 6.07) is 3.04. The molecule has 1 aromatic carbocycles. The van der Waals surface area contributed by atoms with Crippen LogP contribution in [0.3, 0.4) is 0 Å². The second-order valence-corrected chi connectivity index (χ2v) is 7.59. The van der Waals surface area contributed by atoms with Gasteiger partial charge in [-0.3, -0.25) is 24.6 Å². The summed E-state index contributed by atoms with van der Waals surface area (Å²) in [6.07, 6.45) is -1.66. The Kier molecular flexibility index (Phi) is 7.53. The largest absolute Gasteiger partial charge is 0.547 e. The van der Waals surface area contributed by atoms with Gasteiger partial charge in [0, 0.05) is 19.6 Å². The zero-order valence-electron chi connectivity index (χ0n) is 17.8. The summed E-state index contributed by atoms with van der Waals surface area (Å²) in [7, 11) is -1.56. The summed E-state index contributed by atoms with van der Waals surface area (Å²) in [6.45, 7) is 1.53. The number of aromatic carboxylic acids is 1. The summed E-state index contributed by atoms with van der Waals surface area (Å²) in [5.74, 6) is -4.73. The number of carbonyl (C=O) groups is 4. The van der Waals surface area contributed by atoms with Crippen molar-refractivity contribution in [3.8, 4) is 5.75 Å². The number of carbonyl (C=O) groups excluding carboxylic acids is 3. The molecule has 0 saturated carbocycles. The quantitative estimate of drug-likeness (QED) is 0.129. The third kappa shape index (κ3) is 5.08. The molecule has 6 N–H and O–H groups in total. The van der Waals surface area contributed by atoms with Gasteiger partial charge in [0.25, 0.3) is 0 Å². The van der Waals surface area contributed by atoms with Crippen molar-refractivity contribution in [1.82, 2.24) is 20.4 Å². The van der Waals surface area contributed by atoms with Gasteiger partial charge in [0.2, 0.25) is 5.91 Å². The molecular formula is C19H25BN4O9. The summed E-state index contributed by atoms with van der Waals surface area (Å²) < 4.78 is 5.31. The number of likely N-dealkylation sites (N-methyl/N-ethyl adjacent to an activating group) is 1. The third-order valence-corrected chi connectivity index (χ3v) is 5.55. The average molecular weight is 464 g/mol. The molecule has 2 aliphatic heterocycles. The molecular weight excluding hydrogens is 439 g/mol. The van der Waals surface area contributed by atoms with E-state index in [2.05, 4.69) is 10.6 Å². The van der Waals surface area contributed by atoms with Crippen molar-refractivity contribution in [2.24, 2.45) is 0 Å². The lowest BCUT2D eigenvalue weighted by Crippen LogP contribution is -2.64. The lowest BCUT2D eigenvalue weighted by atomic mass is 9.72. The SMILES string of the molecule is CCN1CCN(C(O)N[C@H](CO)C(=O)N[C@H]2Cc3cccc(C(=O)O)c3OB2O)C(=O)C1=O. The van der Waals surface area contributed by atoms with Crippen molar-refractivity contribution in [3.63, 3.8) is 0 Å². The minimum Gasteiger partial charge on any atom is -0.534 e. The molecule has 1 saturated heterocycles. The molecule has 3 rings (SSSR count). The van der Waals surface area contributed by atoms with Crippen LogP contribution in [0.2, 0.25) is 0 Å². The Bertz CT molecular complexity index is 946. The minimum atomic E-state index is -1.71. The molecule has 178 valence electrons. The van der Waals surface area contributed by atoms with Crippen LogP contribution in [0.25, 0.3) is 0 Å². The van der Waals surface area contributed by atoms with E-state index in [1.165, 1.54) is 17.0 Å². The molecule has 14 heteroatoms. The smallest absolute Gasteiger partial charge is 0.534 e. The molecule has 0 spiro atoms. The summed E-state index contributed by atoms with van der Waals surface area (Å²) in [5.41, 5.74) is 0.327. The van der Waals surface area contributed by atoms with Crippen LogP contribution in [-0.2, 0) is 20.8 Å². The maximum absolute atomic E-state index is 12.7. The van der Waals surface area contributed by atoms with Gasteiger partial charge in [-0.25, -0.2) is 4.79 Å². The highest BCUT2D eigenvalue weighted by Gasteiger charge is 2.40. The average Bonchev–Trinajstić information content (AvgIpc) is 2.78. The molecule has 0 radical (unpaired) electrons. The van der Waals surface area contributed by atoms with Crippen molar-refractivity contribution >= 4 is 30.8 Å². The summed E-state index contributed by atoms with van der Waals surface area (Å²) in [4.78, 5) is 50.4. The minimum absolute atomic E-state index is 0.00431. The fourth-order valence-electron chi connectivity index (χ4n) is 3.71. The molecule has 2 aliphatic rings. The van der Waals surface area contributed by atoms with Crippen LogP contribution < -0.4 is 15.3 Å². The topological polar surface area (TPSA) is 189 Å². The molecule has 33 heavy (non-hydrogen) atoms. The van der Waals surface area contributed by atoms with E-state index in [9.17, 15) is 39.5 Å². The number of hydrogen-bond acceptors (Lipinski definition) is 9. The number of carboxylic acid groups (broad SMARTS) is 1. The van der Waals surface area contributed by atoms with Gasteiger partial charge in [-0.2, -0.15) is 0 Å². The van der Waals surface area contributed by atoms with Gasteiger partial charge in [-0.05, 0) is 25.0 Å². The van der Waals surface area contributed by atoms with Gasteiger partial charge < -0.3 is 35.2 Å². The Balaban J connectivity index is 1.64. The van der Waals surface area contributed by atoms with Crippen LogP contribution in [0.15, 0.2) is 18.2 Å². The van der Waals surface area contributed by atoms with Crippen LogP contribution >= 0.6 is 0 Å². The van der Waals surface area contributed by atoms with E-state index in [4.69, 9.17) is 4.65 Å². The highest BCUT2D eigenvalue weighted by Crippen LogP contribution is 2.30. The first-order valence-electron chi connectivity index (χ1n) is 10.3. The number of piperazine rings is 1. The number of hydrogen-bond donors (Lipinski definition) is 6. The maximum Gasteiger partial charge on any atom is 0.547 e. The molecule has 0 aliphatic carbocycles. The summed E-state index contributed by atoms with van der Waals surface area (Å²) in [5, 5.41) is 44.4. The first-order chi connectivity index (χ1) is 15.7. The molecule has 2 heterocycles. The number of aliphatic hydroxyl groups excluding tert-OH is 2. The van der Waals surface area contributed by atoms with Crippen molar-refractivity contribution in [2.45, 2.75) is 31.7 Å². The van der Waals surface area contributed by atoms with E-state index in [0.717, 1.165) is 4.90 Å². The number of para-hydroxylation sites is 1. The third-order valence-electron chi connectivity index (χ3n) is 5.55. The van der Waals surface area contributed by atoms with E-state index in [-0.39, 0.29) is 30.8 Å². The van der Waals surface area contributed by atoms with Crippen molar-refractivity contribution in [2.75, 3.05) is 26.2 Å². The number of carboxylic acids is 1. The lowest BCUT2D eigenvalue weighted by molar-refractivity contribution is -0.166. The molecule has 1 aromatic rings. The monoisotopic (exact) mass is 464 g/mol. The fourth-order valence-corrected chi connectivity index (χ4v) is 3.71. The Morgan fingerprint density at radius 1 is 1.27 bits per heavy atom. The highest BCUT2D eigenvalue weighted by molar-refractivity contribution is 6.47. The van der Waals surface area contributed by atoms with Gasteiger partial charge in [-0.15, -0.1) is 0 Å². The number of benzene rings is 1. The lowest BCUT2D eigenvalue weighted by Gasteiger charge is -2.37. The Morgan fingerprint density at radius 2 is 2.00 bits per heavy atom. The molecule has 0 bridgehead atoms. The second kappa shape index (κ2) is 10.2. The zero-order chi connectivity index (χ0) is 24.3. The number of nitrogens with one attached hydrogen (secondary N) is 2. The van der Waals surface area contributed by atoms with Crippen LogP contribution in [0.1, 0.15) is 22.8 Å². The predicted molar refractivity (Wildman–Crippen MR) is 112 cm³/mol. The zero-order valence-corrected chi connectivity index (χ0v) is 17.8. The van der Waals surface area contributed by atoms with E-state index in [1.54, 1.807) is 13.0 Å². The number of rotatable bonds is 8. The fraction of sp³-hybridized carbons (Fsp3) is 0.474. The van der Waals surface area contributed by atoms with Gasteiger partial charge in [-0.1, -0.05) is 12.1 Å². The molecule has 1 fully saturated rings. The van der Waals surface area contributed by atoms with E-state index < -0.39 is 55.8 Å². The number of amides is 3. The second-order valence-electron chi connectivity index (χ2n) is 7.59. The normalized spacial score (nSPS) is 20.1. The maximum atomic E-state index is 12.7. The molecule has 3 atom stereocenters. The standard InChI is InChI=1S/C19H25BN4O9/c1-2-23-6-7-24(17(28)16(23)27)19(31)21-12(9-25)15(26)22-13-8-10-4-3-5-11(18(29)30)14(10)33-20(13)32/h3-5,12-13,19,21,25,31-32H,2,6-9H2,1H3,(H,22,26)(H,29,30)/t12-,13+,19?/m1/s1. The van der Waals surface area contributed by atoms with Crippen LogP contribution in [0, 0.1) is 0 Å². The van der Waals surface area contributed by atoms with Crippen LogP contribution in [-0.4, -0.2) is 106 Å². The van der Waals surface area contributed by atoms with Crippen molar-refractivity contribution in [1.29, 1.82) is 0 Å². The van der Waals surface area contributed by atoms with E-state index >= 15 is 0 Å². The first-order valence-corrected chi connectivity index (χ1v) is 10.3. The van der Waals surface area contributed by atoms with Gasteiger partial charge in [0.05, 0.1) is 18.1 Å². The number of fused-ring (bicyclic) bond motifs is 1. The summed E-state index contributed by atoms with van der Waals surface area (Å²) >= 11 is 0. The predicted octanol–water partition coefficient (Wildman–Crippen LogP) is -3.26. The Labute approximate surface area is 189 Å². The first kappa shape index (κ1) is 24.4. The molecule has 3 amide bonds. The van der Waals surface area contributed by atoms with Crippen LogP contribution in [0.4, 0.5) is 0 Å². The number of nitrogens with zero attached hydrogens (tertiary/aromatic N) is 2. The van der Waals surface area contributed by atoms with Gasteiger partial charge >= 0.3 is 24.9 Å².